The second-order valence-corrected chi connectivity index (χ2v) is 7.37. The Labute approximate surface area is 177 Å². The number of ether oxygens (including phenoxy) is 1. The van der Waals surface area contributed by atoms with Gasteiger partial charge in [0.1, 0.15) is 12.6 Å². The third-order valence-corrected chi connectivity index (χ3v) is 5.39. The highest BCUT2D eigenvalue weighted by Gasteiger charge is 2.30. The number of likely N-dealkylation sites (tertiary alicyclic amines) is 1. The standard InChI is InChI=1S/C22H25N3O3.ClH/c26-21(20-14-17-8-4-5-9-19(17)24-20)23-18-10-12-25(13-11-18)22(27)28-15-16-6-2-1-3-7-16;/h1-9,18,20,24H,10-15H2,(H,23,26);1H. The molecule has 1 atom stereocenters. The van der Waals surface area contributed by atoms with Gasteiger partial charge in [0.2, 0.25) is 5.91 Å². The zero-order valence-electron chi connectivity index (χ0n) is 16.2. The Kier molecular flexibility index (Phi) is 6.99. The van der Waals surface area contributed by atoms with Gasteiger partial charge in [-0.25, -0.2) is 4.79 Å². The Balaban J connectivity index is 0.00000240. The maximum absolute atomic E-state index is 12.6. The number of hydrogen-bond donors (Lipinski definition) is 2. The van der Waals surface area contributed by atoms with Gasteiger partial charge in [0.25, 0.3) is 0 Å². The molecule has 0 saturated carbocycles. The van der Waals surface area contributed by atoms with E-state index in [1.54, 1.807) is 4.90 Å². The number of para-hydroxylation sites is 1. The van der Waals surface area contributed by atoms with Crippen LogP contribution in [-0.2, 0) is 22.6 Å². The van der Waals surface area contributed by atoms with Gasteiger partial charge < -0.3 is 20.3 Å². The molecule has 29 heavy (non-hydrogen) atoms. The Bertz CT molecular complexity index is 813. The van der Waals surface area contributed by atoms with E-state index < -0.39 is 0 Å². The number of halogens is 1. The zero-order valence-corrected chi connectivity index (χ0v) is 17.0. The first-order valence-electron chi connectivity index (χ1n) is 9.79. The summed E-state index contributed by atoms with van der Waals surface area (Å²) >= 11 is 0. The quantitative estimate of drug-likeness (QED) is 0.803. The minimum atomic E-state index is -0.290. The number of nitrogens with one attached hydrogen (secondary N) is 2. The Morgan fingerprint density at radius 3 is 2.45 bits per heavy atom. The summed E-state index contributed by atoms with van der Waals surface area (Å²) in [5.41, 5.74) is 3.19. The van der Waals surface area contributed by atoms with Gasteiger partial charge in [-0.3, -0.25) is 4.79 Å². The summed E-state index contributed by atoms with van der Waals surface area (Å²) in [6.07, 6.45) is 1.91. The number of amides is 2. The minimum Gasteiger partial charge on any atom is -0.445 e. The largest absolute Gasteiger partial charge is 0.445 e. The van der Waals surface area contributed by atoms with Gasteiger partial charge >= 0.3 is 6.09 Å². The zero-order chi connectivity index (χ0) is 19.3. The summed E-state index contributed by atoms with van der Waals surface area (Å²) in [7, 11) is 0. The summed E-state index contributed by atoms with van der Waals surface area (Å²) in [5.74, 6) is 0.0290. The van der Waals surface area contributed by atoms with E-state index in [0.29, 0.717) is 19.5 Å². The molecule has 0 spiro atoms. The first kappa shape index (κ1) is 21.0. The summed E-state index contributed by atoms with van der Waals surface area (Å²) < 4.78 is 5.39. The average Bonchev–Trinajstić information content (AvgIpc) is 3.18. The average molecular weight is 416 g/mol. The summed E-state index contributed by atoms with van der Waals surface area (Å²) in [4.78, 5) is 26.5. The molecule has 2 aromatic rings. The van der Waals surface area contributed by atoms with Gasteiger partial charge in [-0.2, -0.15) is 0 Å². The third-order valence-electron chi connectivity index (χ3n) is 5.39. The van der Waals surface area contributed by atoms with Gasteiger partial charge in [0.05, 0.1) is 0 Å². The van der Waals surface area contributed by atoms with Crippen molar-refractivity contribution in [2.75, 3.05) is 18.4 Å². The van der Waals surface area contributed by atoms with Crippen LogP contribution < -0.4 is 10.6 Å². The molecule has 6 nitrogen and oxygen atoms in total. The second-order valence-electron chi connectivity index (χ2n) is 7.37. The van der Waals surface area contributed by atoms with Crippen LogP contribution in [0.3, 0.4) is 0 Å². The number of hydrogen-bond acceptors (Lipinski definition) is 4. The van der Waals surface area contributed by atoms with Crippen molar-refractivity contribution in [1.29, 1.82) is 0 Å². The lowest BCUT2D eigenvalue weighted by atomic mass is 10.0. The molecule has 1 fully saturated rings. The Morgan fingerprint density at radius 2 is 1.72 bits per heavy atom. The molecule has 2 N–H and O–H groups in total. The van der Waals surface area contributed by atoms with Gasteiger partial charge in [0.15, 0.2) is 0 Å². The van der Waals surface area contributed by atoms with Crippen molar-refractivity contribution < 1.29 is 14.3 Å². The van der Waals surface area contributed by atoms with Crippen LogP contribution in [0, 0.1) is 0 Å². The van der Waals surface area contributed by atoms with Crippen LogP contribution in [0.2, 0.25) is 0 Å². The number of nitrogens with zero attached hydrogens (tertiary/aromatic N) is 1. The predicted octanol–water partition coefficient (Wildman–Crippen LogP) is 3.36. The highest BCUT2D eigenvalue weighted by Crippen LogP contribution is 2.25. The van der Waals surface area contributed by atoms with E-state index in [1.807, 2.05) is 48.5 Å². The van der Waals surface area contributed by atoms with E-state index in [0.717, 1.165) is 24.1 Å². The summed E-state index contributed by atoms with van der Waals surface area (Å²) in [6, 6.07) is 17.6. The first-order chi connectivity index (χ1) is 13.7. The molecule has 0 radical (unpaired) electrons. The SMILES string of the molecule is Cl.O=C(NC1CCN(C(=O)OCc2ccccc2)CC1)C1Cc2ccccc2N1. The summed E-state index contributed by atoms with van der Waals surface area (Å²) in [6.45, 7) is 1.47. The number of piperidine rings is 1. The van der Waals surface area contributed by atoms with E-state index in [4.69, 9.17) is 4.74 Å². The highest BCUT2D eigenvalue weighted by molar-refractivity contribution is 5.87. The molecule has 154 valence electrons. The number of benzene rings is 2. The van der Waals surface area contributed by atoms with E-state index >= 15 is 0 Å². The van der Waals surface area contributed by atoms with Gasteiger partial charge in [-0.1, -0.05) is 48.5 Å². The molecule has 0 bridgehead atoms. The maximum Gasteiger partial charge on any atom is 0.410 e. The van der Waals surface area contributed by atoms with Crippen LogP contribution in [0.25, 0.3) is 0 Å². The van der Waals surface area contributed by atoms with Crippen molar-refractivity contribution in [1.82, 2.24) is 10.2 Å². The Hall–Kier alpha value is -2.73. The lowest BCUT2D eigenvalue weighted by Crippen LogP contribution is -2.49. The van der Waals surface area contributed by atoms with E-state index in [2.05, 4.69) is 16.7 Å². The van der Waals surface area contributed by atoms with Crippen molar-refractivity contribution in [2.45, 2.75) is 38.0 Å². The molecular formula is C22H26ClN3O3. The van der Waals surface area contributed by atoms with Crippen molar-refractivity contribution in [3.63, 3.8) is 0 Å². The molecule has 1 unspecified atom stereocenters. The fourth-order valence-electron chi connectivity index (χ4n) is 3.77. The van der Waals surface area contributed by atoms with Crippen LogP contribution >= 0.6 is 12.4 Å². The number of carbonyl (C=O) groups excluding carboxylic acids is 2. The number of fused-ring (bicyclic) bond motifs is 1. The summed E-state index contributed by atoms with van der Waals surface area (Å²) in [5, 5.41) is 6.42. The van der Waals surface area contributed by atoms with Crippen LogP contribution in [-0.4, -0.2) is 42.1 Å². The first-order valence-corrected chi connectivity index (χ1v) is 9.79. The van der Waals surface area contributed by atoms with Crippen LogP contribution in [0.15, 0.2) is 54.6 Å². The monoisotopic (exact) mass is 415 g/mol. The second kappa shape index (κ2) is 9.65. The lowest BCUT2D eigenvalue weighted by molar-refractivity contribution is -0.122. The van der Waals surface area contributed by atoms with Crippen molar-refractivity contribution in [3.8, 4) is 0 Å². The molecule has 2 heterocycles. The van der Waals surface area contributed by atoms with E-state index in [1.165, 1.54) is 5.56 Å². The number of anilines is 1. The third kappa shape index (κ3) is 5.21. The van der Waals surface area contributed by atoms with E-state index in [9.17, 15) is 9.59 Å². The fraction of sp³-hybridized carbons (Fsp3) is 0.364. The van der Waals surface area contributed by atoms with Crippen molar-refractivity contribution in [3.05, 3.63) is 65.7 Å². The molecular weight excluding hydrogens is 390 g/mol. The molecule has 2 aromatic carbocycles. The molecule has 0 aromatic heterocycles. The number of rotatable bonds is 4. The van der Waals surface area contributed by atoms with Crippen LogP contribution in [0.1, 0.15) is 24.0 Å². The van der Waals surface area contributed by atoms with Gasteiger partial charge in [-0.15, -0.1) is 12.4 Å². The smallest absolute Gasteiger partial charge is 0.410 e. The van der Waals surface area contributed by atoms with Crippen molar-refractivity contribution >= 4 is 30.1 Å². The topological polar surface area (TPSA) is 70.7 Å². The fourth-order valence-corrected chi connectivity index (χ4v) is 3.77. The molecule has 7 heteroatoms. The van der Waals surface area contributed by atoms with Crippen LogP contribution in [0.5, 0.6) is 0 Å². The molecule has 4 rings (SSSR count). The van der Waals surface area contributed by atoms with Crippen LogP contribution in [0.4, 0.5) is 10.5 Å². The molecule has 2 aliphatic rings. The van der Waals surface area contributed by atoms with E-state index in [-0.39, 0.29) is 43.1 Å². The molecule has 0 aliphatic carbocycles. The van der Waals surface area contributed by atoms with Gasteiger partial charge in [0, 0.05) is 31.2 Å². The Morgan fingerprint density at radius 1 is 1.03 bits per heavy atom. The lowest BCUT2D eigenvalue weighted by Gasteiger charge is -2.32. The predicted molar refractivity (Wildman–Crippen MR) is 114 cm³/mol. The molecule has 2 amide bonds. The molecule has 2 aliphatic heterocycles. The number of carbonyl (C=O) groups is 2. The highest BCUT2D eigenvalue weighted by atomic mass is 35.5. The van der Waals surface area contributed by atoms with Crippen molar-refractivity contribution in [2.24, 2.45) is 0 Å². The van der Waals surface area contributed by atoms with Gasteiger partial charge in [-0.05, 0) is 30.0 Å². The minimum absolute atomic E-state index is 0. The maximum atomic E-state index is 12.6. The normalized spacial score (nSPS) is 18.2. The molecule has 1 saturated heterocycles.